The molecule has 4 aliphatic carbocycles. The van der Waals surface area contributed by atoms with Crippen molar-refractivity contribution in [2.24, 2.45) is 16.7 Å². The molecule has 0 radical (unpaired) electrons. The summed E-state index contributed by atoms with van der Waals surface area (Å²) in [6, 6.07) is 0. The van der Waals surface area contributed by atoms with Crippen LogP contribution in [0.25, 0.3) is 0 Å². The van der Waals surface area contributed by atoms with Gasteiger partial charge in [-0.05, 0) is 85.7 Å². The molecule has 4 rings (SSSR count). The maximum absolute atomic E-state index is 12.0. The Morgan fingerprint density at radius 3 is 2.82 bits per heavy atom. The Balaban J connectivity index is 1.92. The molecule has 0 aromatic carbocycles. The number of fused-ring (bicyclic) bond motifs is 3. The smallest absolute Gasteiger partial charge is 0.178 e. The summed E-state index contributed by atoms with van der Waals surface area (Å²) >= 11 is 0. The lowest BCUT2D eigenvalue weighted by atomic mass is 9.56. The molecule has 116 valence electrons. The third kappa shape index (κ3) is 1.81. The topological polar surface area (TPSA) is 17.1 Å². The van der Waals surface area contributed by atoms with Crippen molar-refractivity contribution >= 4 is 5.78 Å². The average Bonchev–Trinajstić information content (AvgIpc) is 3.25. The number of hydrogen-bond donors (Lipinski definition) is 0. The van der Waals surface area contributed by atoms with Crippen LogP contribution in [-0.4, -0.2) is 5.78 Å². The summed E-state index contributed by atoms with van der Waals surface area (Å²) in [6.07, 6.45) is 15.7. The Kier molecular flexibility index (Phi) is 2.95. The monoisotopic (exact) mass is 294 g/mol. The molecule has 1 nitrogen and oxygen atoms in total. The summed E-state index contributed by atoms with van der Waals surface area (Å²) in [4.78, 5) is 12.0. The predicted molar refractivity (Wildman–Crippen MR) is 90.4 cm³/mol. The van der Waals surface area contributed by atoms with Gasteiger partial charge in [-0.25, -0.2) is 0 Å². The van der Waals surface area contributed by atoms with Gasteiger partial charge in [0.25, 0.3) is 0 Å². The molecule has 1 fully saturated rings. The number of hydrogen-bond acceptors (Lipinski definition) is 1. The molecule has 2 atom stereocenters. The van der Waals surface area contributed by atoms with Gasteiger partial charge >= 0.3 is 0 Å². The Bertz CT molecular complexity index is 666. The molecule has 0 N–H and O–H groups in total. The fourth-order valence-corrected chi connectivity index (χ4v) is 5.14. The highest BCUT2D eigenvalue weighted by Gasteiger charge is 2.57. The zero-order chi connectivity index (χ0) is 15.5. The van der Waals surface area contributed by atoms with E-state index in [0.29, 0.717) is 11.3 Å². The molecule has 0 saturated heterocycles. The van der Waals surface area contributed by atoms with Gasteiger partial charge in [-0.2, -0.15) is 0 Å². The molecule has 0 aromatic heterocycles. The minimum atomic E-state index is 0.00493. The summed E-state index contributed by atoms with van der Waals surface area (Å²) in [6.45, 7) is 6.99. The maximum Gasteiger partial charge on any atom is 0.178 e. The van der Waals surface area contributed by atoms with E-state index < -0.39 is 0 Å². The fourth-order valence-electron chi connectivity index (χ4n) is 5.14. The van der Waals surface area contributed by atoms with E-state index in [-0.39, 0.29) is 11.2 Å². The van der Waals surface area contributed by atoms with Crippen LogP contribution in [0.5, 0.6) is 0 Å². The Labute approximate surface area is 133 Å². The molecule has 0 amide bonds. The highest BCUT2D eigenvalue weighted by Crippen LogP contribution is 2.69. The van der Waals surface area contributed by atoms with Gasteiger partial charge in [-0.1, -0.05) is 31.6 Å². The second kappa shape index (κ2) is 4.57. The van der Waals surface area contributed by atoms with Gasteiger partial charge in [0.2, 0.25) is 0 Å². The number of rotatable bonds is 1. The van der Waals surface area contributed by atoms with Crippen molar-refractivity contribution in [3.8, 4) is 0 Å². The highest BCUT2D eigenvalue weighted by molar-refractivity contribution is 6.02. The maximum atomic E-state index is 12.0. The number of allylic oxidation sites excluding steroid dienone is 8. The third-order valence-corrected chi connectivity index (χ3v) is 6.49. The first-order valence-electron chi connectivity index (χ1n) is 8.89. The third-order valence-electron chi connectivity index (χ3n) is 6.49. The minimum absolute atomic E-state index is 0.00493. The van der Waals surface area contributed by atoms with Crippen molar-refractivity contribution in [2.45, 2.75) is 59.3 Å². The molecular weight excluding hydrogens is 268 g/mol. The van der Waals surface area contributed by atoms with Gasteiger partial charge in [0.1, 0.15) is 0 Å². The standard InChI is InChI=1S/C21H26O/c1-4-5-16-14(2)6-7-18-17(16)13-21(10-11-21)19-12-15(22)8-9-20(18,19)3/h5,8-9,12,14H,4,6-7,10-11,13H2,1-3H3/b16-5+. The van der Waals surface area contributed by atoms with E-state index >= 15 is 0 Å². The molecular formula is C21H26O. The first-order valence-corrected chi connectivity index (χ1v) is 8.89. The van der Waals surface area contributed by atoms with Crippen LogP contribution >= 0.6 is 0 Å². The Hall–Kier alpha value is -1.37. The molecule has 0 aliphatic heterocycles. The number of carbonyl (C=O) groups excluding carboxylic acids is 1. The van der Waals surface area contributed by atoms with E-state index in [4.69, 9.17) is 0 Å². The second-order valence-electron chi connectivity index (χ2n) is 7.92. The van der Waals surface area contributed by atoms with Crippen LogP contribution in [0, 0.1) is 16.7 Å². The Morgan fingerprint density at radius 1 is 1.36 bits per heavy atom. The van der Waals surface area contributed by atoms with Crippen molar-refractivity contribution in [2.75, 3.05) is 0 Å². The zero-order valence-electron chi connectivity index (χ0n) is 14.0. The molecule has 0 bridgehead atoms. The van der Waals surface area contributed by atoms with Crippen LogP contribution in [0.4, 0.5) is 0 Å². The highest BCUT2D eigenvalue weighted by atomic mass is 16.1. The lowest BCUT2D eigenvalue weighted by Gasteiger charge is -2.48. The van der Waals surface area contributed by atoms with Crippen molar-refractivity contribution in [1.29, 1.82) is 0 Å². The summed E-state index contributed by atoms with van der Waals surface area (Å²) in [5, 5.41) is 0. The second-order valence-corrected chi connectivity index (χ2v) is 7.92. The average molecular weight is 294 g/mol. The van der Waals surface area contributed by atoms with Crippen LogP contribution in [0.3, 0.4) is 0 Å². The van der Waals surface area contributed by atoms with Crippen LogP contribution in [-0.2, 0) is 4.79 Å². The normalized spacial score (nSPS) is 37.2. The van der Waals surface area contributed by atoms with E-state index in [2.05, 4.69) is 32.9 Å². The minimum Gasteiger partial charge on any atom is -0.290 e. The quantitative estimate of drug-likeness (QED) is 0.641. The van der Waals surface area contributed by atoms with Crippen molar-refractivity contribution in [1.82, 2.24) is 0 Å². The van der Waals surface area contributed by atoms with Gasteiger partial charge < -0.3 is 0 Å². The van der Waals surface area contributed by atoms with Crippen molar-refractivity contribution < 1.29 is 4.79 Å². The van der Waals surface area contributed by atoms with E-state index in [1.807, 2.05) is 6.08 Å². The van der Waals surface area contributed by atoms with Gasteiger partial charge in [-0.15, -0.1) is 0 Å². The number of ketones is 1. The SMILES string of the molecule is CC/C=C1/C2=C(CCC1C)C1(C)C=CC(=O)C=C1C1(CC1)C2. The number of carbonyl (C=O) groups is 1. The summed E-state index contributed by atoms with van der Waals surface area (Å²) in [5.74, 6) is 0.883. The molecule has 2 unspecified atom stereocenters. The Morgan fingerprint density at radius 2 is 2.14 bits per heavy atom. The lowest BCUT2D eigenvalue weighted by Crippen LogP contribution is -2.36. The van der Waals surface area contributed by atoms with Crippen LogP contribution in [0.2, 0.25) is 0 Å². The summed E-state index contributed by atoms with van der Waals surface area (Å²) < 4.78 is 0. The predicted octanol–water partition coefficient (Wildman–Crippen LogP) is 5.30. The largest absolute Gasteiger partial charge is 0.290 e. The van der Waals surface area contributed by atoms with Crippen LogP contribution < -0.4 is 0 Å². The first-order chi connectivity index (χ1) is 10.5. The van der Waals surface area contributed by atoms with Gasteiger partial charge in [0.15, 0.2) is 5.78 Å². The van der Waals surface area contributed by atoms with E-state index in [9.17, 15) is 4.79 Å². The van der Waals surface area contributed by atoms with E-state index in [1.54, 1.807) is 22.8 Å². The molecule has 22 heavy (non-hydrogen) atoms. The molecule has 1 saturated carbocycles. The van der Waals surface area contributed by atoms with Gasteiger partial charge in [-0.3, -0.25) is 4.79 Å². The molecule has 1 spiro atoms. The lowest BCUT2D eigenvalue weighted by molar-refractivity contribution is -0.110. The van der Waals surface area contributed by atoms with Crippen LogP contribution in [0.15, 0.2) is 46.6 Å². The summed E-state index contributed by atoms with van der Waals surface area (Å²) in [7, 11) is 0. The van der Waals surface area contributed by atoms with Crippen LogP contribution in [0.1, 0.15) is 59.3 Å². The zero-order valence-corrected chi connectivity index (χ0v) is 14.0. The van der Waals surface area contributed by atoms with E-state index in [1.165, 1.54) is 37.7 Å². The van der Waals surface area contributed by atoms with Crippen molar-refractivity contribution in [3.05, 3.63) is 46.6 Å². The van der Waals surface area contributed by atoms with Gasteiger partial charge in [0.05, 0.1) is 0 Å². The van der Waals surface area contributed by atoms with Crippen molar-refractivity contribution in [3.63, 3.8) is 0 Å². The fraction of sp³-hybridized carbons (Fsp3) is 0.571. The van der Waals surface area contributed by atoms with E-state index in [0.717, 1.165) is 6.42 Å². The molecule has 4 aliphatic rings. The molecule has 0 heterocycles. The molecule has 1 heteroatoms. The molecule has 0 aromatic rings. The van der Waals surface area contributed by atoms with Gasteiger partial charge in [0, 0.05) is 5.41 Å². The first kappa shape index (κ1) is 14.2. The summed E-state index contributed by atoms with van der Waals surface area (Å²) in [5.41, 5.74) is 6.61.